The van der Waals surface area contributed by atoms with Crippen molar-refractivity contribution in [2.45, 2.75) is 13.8 Å². The fraction of sp³-hybridized carbons (Fsp3) is 0.167. The van der Waals surface area contributed by atoms with Crippen LogP contribution >= 0.6 is 23.2 Å². The van der Waals surface area contributed by atoms with E-state index >= 15 is 0 Å². The molecule has 0 saturated heterocycles. The van der Waals surface area contributed by atoms with Crippen LogP contribution in [0.4, 0.5) is 0 Å². The first kappa shape index (κ1) is 12.1. The Bertz CT molecular complexity index is 538. The normalized spacial score (nSPS) is 10.4. The highest BCUT2D eigenvalue weighted by molar-refractivity contribution is 6.42. The topological polar surface area (TPSA) is 35.0 Å². The predicted octanol–water partition coefficient (Wildman–Crippen LogP) is 4.19. The lowest BCUT2D eigenvalue weighted by molar-refractivity contribution is 0.439. The molecule has 0 bridgehead atoms. The van der Waals surface area contributed by atoms with Crippen molar-refractivity contribution in [1.29, 1.82) is 0 Å². The Labute approximate surface area is 109 Å². The largest absolute Gasteiger partial charge is 0.424 e. The molecule has 0 fully saturated rings. The van der Waals surface area contributed by atoms with Crippen molar-refractivity contribution >= 4 is 23.2 Å². The molecule has 0 atom stereocenters. The van der Waals surface area contributed by atoms with E-state index in [2.05, 4.69) is 9.97 Å². The van der Waals surface area contributed by atoms with E-state index < -0.39 is 0 Å². The SMILES string of the molecule is Cc1cc(C)nc(Oc2ccc(Cl)c(Cl)c2)n1. The monoisotopic (exact) mass is 268 g/mol. The Morgan fingerprint density at radius 2 is 1.59 bits per heavy atom. The highest BCUT2D eigenvalue weighted by Crippen LogP contribution is 2.28. The van der Waals surface area contributed by atoms with Gasteiger partial charge < -0.3 is 4.74 Å². The Morgan fingerprint density at radius 3 is 2.18 bits per heavy atom. The number of ether oxygens (including phenoxy) is 1. The Balaban J connectivity index is 2.28. The quantitative estimate of drug-likeness (QED) is 0.819. The second kappa shape index (κ2) is 4.90. The van der Waals surface area contributed by atoms with E-state index in [0.717, 1.165) is 11.4 Å². The first-order valence-electron chi connectivity index (χ1n) is 5.00. The van der Waals surface area contributed by atoms with Gasteiger partial charge in [0.1, 0.15) is 5.75 Å². The zero-order chi connectivity index (χ0) is 12.4. The van der Waals surface area contributed by atoms with Crippen LogP contribution in [-0.4, -0.2) is 9.97 Å². The van der Waals surface area contributed by atoms with Crippen molar-refractivity contribution in [1.82, 2.24) is 9.97 Å². The van der Waals surface area contributed by atoms with E-state index in [1.807, 2.05) is 19.9 Å². The molecule has 2 rings (SSSR count). The molecule has 1 aromatic carbocycles. The van der Waals surface area contributed by atoms with Gasteiger partial charge >= 0.3 is 6.01 Å². The van der Waals surface area contributed by atoms with Gasteiger partial charge in [0, 0.05) is 17.5 Å². The molecule has 0 aliphatic carbocycles. The molecule has 0 amide bonds. The van der Waals surface area contributed by atoms with Crippen molar-refractivity contribution < 1.29 is 4.74 Å². The van der Waals surface area contributed by atoms with Crippen molar-refractivity contribution in [2.24, 2.45) is 0 Å². The molecular formula is C12H10Cl2N2O. The van der Waals surface area contributed by atoms with Gasteiger partial charge in [0.05, 0.1) is 10.0 Å². The standard InChI is InChI=1S/C12H10Cl2N2O/c1-7-5-8(2)16-12(15-7)17-9-3-4-10(13)11(14)6-9/h3-6H,1-2H3. The van der Waals surface area contributed by atoms with Crippen molar-refractivity contribution in [3.05, 3.63) is 45.7 Å². The molecule has 1 heterocycles. The molecule has 1 aromatic heterocycles. The number of nitrogens with zero attached hydrogens (tertiary/aromatic N) is 2. The summed E-state index contributed by atoms with van der Waals surface area (Å²) in [5, 5.41) is 0.925. The first-order valence-corrected chi connectivity index (χ1v) is 5.75. The van der Waals surface area contributed by atoms with E-state index in [1.165, 1.54) is 0 Å². The lowest BCUT2D eigenvalue weighted by Gasteiger charge is -2.06. The van der Waals surface area contributed by atoms with Crippen LogP contribution in [-0.2, 0) is 0 Å². The maximum absolute atomic E-state index is 5.89. The van der Waals surface area contributed by atoms with Crippen molar-refractivity contribution in [3.63, 3.8) is 0 Å². The molecule has 5 heteroatoms. The summed E-state index contributed by atoms with van der Waals surface area (Å²) in [7, 11) is 0. The van der Waals surface area contributed by atoms with Gasteiger partial charge in [0.2, 0.25) is 0 Å². The van der Waals surface area contributed by atoms with Crippen LogP contribution in [0.25, 0.3) is 0 Å². The Kier molecular flexibility index (Phi) is 3.50. The summed E-state index contributed by atoms with van der Waals surface area (Å²) >= 11 is 11.7. The third kappa shape index (κ3) is 3.08. The summed E-state index contributed by atoms with van der Waals surface area (Å²) in [6.07, 6.45) is 0. The molecular weight excluding hydrogens is 259 g/mol. The van der Waals surface area contributed by atoms with E-state index in [0.29, 0.717) is 21.8 Å². The number of aromatic nitrogens is 2. The maximum atomic E-state index is 5.89. The second-order valence-corrected chi connectivity index (χ2v) is 4.43. The molecule has 0 spiro atoms. The third-order valence-corrected chi connectivity index (χ3v) is 2.80. The molecule has 2 aromatic rings. The molecule has 0 N–H and O–H groups in total. The van der Waals surface area contributed by atoms with Crippen LogP contribution < -0.4 is 4.74 Å². The van der Waals surface area contributed by atoms with Crippen LogP contribution in [0.2, 0.25) is 10.0 Å². The number of aryl methyl sites for hydroxylation is 2. The fourth-order valence-electron chi connectivity index (χ4n) is 1.38. The maximum Gasteiger partial charge on any atom is 0.322 e. The molecule has 17 heavy (non-hydrogen) atoms. The minimum atomic E-state index is 0.306. The zero-order valence-electron chi connectivity index (χ0n) is 9.37. The third-order valence-electron chi connectivity index (χ3n) is 2.06. The van der Waals surface area contributed by atoms with Crippen molar-refractivity contribution in [2.75, 3.05) is 0 Å². The van der Waals surface area contributed by atoms with Gasteiger partial charge in [0.15, 0.2) is 0 Å². The average molecular weight is 269 g/mol. The van der Waals surface area contributed by atoms with E-state index in [-0.39, 0.29) is 0 Å². The van der Waals surface area contributed by atoms with E-state index in [4.69, 9.17) is 27.9 Å². The van der Waals surface area contributed by atoms with Crippen molar-refractivity contribution in [3.8, 4) is 11.8 Å². The fourth-order valence-corrected chi connectivity index (χ4v) is 1.67. The highest BCUT2D eigenvalue weighted by Gasteiger charge is 2.05. The Morgan fingerprint density at radius 1 is 0.941 bits per heavy atom. The van der Waals surface area contributed by atoms with Crippen LogP contribution in [0.15, 0.2) is 24.3 Å². The highest BCUT2D eigenvalue weighted by atomic mass is 35.5. The zero-order valence-corrected chi connectivity index (χ0v) is 10.9. The van der Waals surface area contributed by atoms with Gasteiger partial charge in [-0.1, -0.05) is 23.2 Å². The molecule has 88 valence electrons. The summed E-state index contributed by atoms with van der Waals surface area (Å²) in [6.45, 7) is 3.77. The second-order valence-electron chi connectivity index (χ2n) is 3.61. The molecule has 0 radical (unpaired) electrons. The molecule has 0 aliphatic heterocycles. The summed E-state index contributed by atoms with van der Waals surface area (Å²) in [5.41, 5.74) is 1.71. The number of halogens is 2. The average Bonchev–Trinajstić information content (AvgIpc) is 2.22. The molecule has 0 saturated carbocycles. The van der Waals surface area contributed by atoms with Crippen LogP contribution in [0.3, 0.4) is 0 Å². The minimum Gasteiger partial charge on any atom is -0.424 e. The van der Waals surface area contributed by atoms with Gasteiger partial charge in [-0.2, -0.15) is 0 Å². The lowest BCUT2D eigenvalue weighted by Crippen LogP contribution is -1.95. The van der Waals surface area contributed by atoms with Gasteiger partial charge in [-0.15, -0.1) is 0 Å². The van der Waals surface area contributed by atoms with Gasteiger partial charge in [-0.05, 0) is 32.0 Å². The van der Waals surface area contributed by atoms with Crippen LogP contribution in [0, 0.1) is 13.8 Å². The molecule has 3 nitrogen and oxygen atoms in total. The summed E-state index contributed by atoms with van der Waals surface area (Å²) in [4.78, 5) is 8.34. The lowest BCUT2D eigenvalue weighted by atomic mass is 10.3. The van der Waals surface area contributed by atoms with Gasteiger partial charge in [-0.3, -0.25) is 0 Å². The van der Waals surface area contributed by atoms with Gasteiger partial charge in [-0.25, -0.2) is 9.97 Å². The molecule has 0 unspecified atom stereocenters. The smallest absolute Gasteiger partial charge is 0.322 e. The first-order chi connectivity index (χ1) is 8.04. The minimum absolute atomic E-state index is 0.306. The number of hydrogen-bond donors (Lipinski definition) is 0. The predicted molar refractivity (Wildman–Crippen MR) is 68.0 cm³/mol. The summed E-state index contributed by atoms with van der Waals surface area (Å²) in [6, 6.07) is 7.20. The van der Waals surface area contributed by atoms with Crippen LogP contribution in [0.1, 0.15) is 11.4 Å². The van der Waals surface area contributed by atoms with Crippen LogP contribution in [0.5, 0.6) is 11.8 Å². The summed E-state index contributed by atoms with van der Waals surface area (Å²) < 4.78 is 5.51. The van der Waals surface area contributed by atoms with Gasteiger partial charge in [0.25, 0.3) is 0 Å². The molecule has 0 aliphatic rings. The number of hydrogen-bond acceptors (Lipinski definition) is 3. The number of rotatable bonds is 2. The Hall–Kier alpha value is -1.32. The van der Waals surface area contributed by atoms with E-state index in [9.17, 15) is 0 Å². The summed E-state index contributed by atoms with van der Waals surface area (Å²) in [5.74, 6) is 0.560. The van der Waals surface area contributed by atoms with E-state index in [1.54, 1.807) is 18.2 Å². The number of benzene rings is 1.